The molecular weight excluding hydrogens is 398 g/mol. The molecule has 0 N–H and O–H groups in total. The van der Waals surface area contributed by atoms with Gasteiger partial charge in [-0.2, -0.15) is 5.26 Å². The first-order chi connectivity index (χ1) is 12.6. The van der Waals surface area contributed by atoms with E-state index >= 15 is 0 Å². The first kappa shape index (κ1) is 19.8. The van der Waals surface area contributed by atoms with E-state index < -0.39 is 0 Å². The van der Waals surface area contributed by atoms with E-state index in [-0.39, 0.29) is 19.0 Å². The minimum Gasteiger partial charge on any atom is -0.490 e. The van der Waals surface area contributed by atoms with Gasteiger partial charge in [-0.1, -0.05) is 28.1 Å². The molecule has 0 atom stereocenters. The van der Waals surface area contributed by atoms with Crippen molar-refractivity contribution >= 4 is 21.9 Å². The smallest absolute Gasteiger partial charge is 0.310 e. The SMILES string of the molecule is CCOc1cc(Br)c(CC(=O)OCc2ccc(C#N)cc2)cc1OCC. The lowest BCUT2D eigenvalue weighted by molar-refractivity contribution is -0.144. The number of nitriles is 1. The molecule has 5 nitrogen and oxygen atoms in total. The van der Waals surface area contributed by atoms with Crippen LogP contribution in [-0.4, -0.2) is 19.2 Å². The van der Waals surface area contributed by atoms with E-state index in [1.54, 1.807) is 36.4 Å². The van der Waals surface area contributed by atoms with Gasteiger partial charge in [0.25, 0.3) is 0 Å². The lowest BCUT2D eigenvalue weighted by Crippen LogP contribution is -2.09. The second-order valence-electron chi connectivity index (χ2n) is 5.40. The number of rotatable bonds is 8. The molecule has 0 unspecified atom stereocenters. The summed E-state index contributed by atoms with van der Waals surface area (Å²) in [4.78, 5) is 12.2. The number of esters is 1. The van der Waals surface area contributed by atoms with Gasteiger partial charge in [0.1, 0.15) is 6.61 Å². The highest BCUT2D eigenvalue weighted by Crippen LogP contribution is 2.34. The van der Waals surface area contributed by atoms with E-state index in [4.69, 9.17) is 19.5 Å². The summed E-state index contributed by atoms with van der Waals surface area (Å²) in [6, 6.07) is 12.6. The van der Waals surface area contributed by atoms with Crippen molar-refractivity contribution in [1.82, 2.24) is 0 Å². The fourth-order valence-electron chi connectivity index (χ4n) is 2.30. The summed E-state index contributed by atoms with van der Waals surface area (Å²) in [7, 11) is 0. The molecule has 0 aliphatic carbocycles. The van der Waals surface area contributed by atoms with Gasteiger partial charge in [-0.3, -0.25) is 4.79 Å². The van der Waals surface area contributed by atoms with Crippen LogP contribution >= 0.6 is 15.9 Å². The fourth-order valence-corrected chi connectivity index (χ4v) is 2.76. The van der Waals surface area contributed by atoms with Gasteiger partial charge in [0.15, 0.2) is 11.5 Å². The number of ether oxygens (including phenoxy) is 3. The van der Waals surface area contributed by atoms with Crippen LogP contribution in [0.4, 0.5) is 0 Å². The molecule has 26 heavy (non-hydrogen) atoms. The maximum absolute atomic E-state index is 12.2. The highest BCUT2D eigenvalue weighted by atomic mass is 79.9. The number of nitrogens with zero attached hydrogens (tertiary/aromatic N) is 1. The van der Waals surface area contributed by atoms with Crippen molar-refractivity contribution in [2.75, 3.05) is 13.2 Å². The molecule has 136 valence electrons. The zero-order valence-electron chi connectivity index (χ0n) is 14.8. The second kappa shape index (κ2) is 9.83. The fraction of sp³-hybridized carbons (Fsp3) is 0.300. The van der Waals surface area contributed by atoms with Crippen molar-refractivity contribution < 1.29 is 19.0 Å². The topological polar surface area (TPSA) is 68.5 Å². The monoisotopic (exact) mass is 417 g/mol. The predicted octanol–water partition coefficient (Wildman–Crippen LogP) is 4.40. The normalized spacial score (nSPS) is 10.1. The predicted molar refractivity (Wildman–Crippen MR) is 101 cm³/mol. The third-order valence-electron chi connectivity index (χ3n) is 3.53. The van der Waals surface area contributed by atoms with Crippen LogP contribution in [0.2, 0.25) is 0 Å². The minimum atomic E-state index is -0.346. The maximum atomic E-state index is 12.2. The molecule has 0 aliphatic heterocycles. The zero-order valence-corrected chi connectivity index (χ0v) is 16.3. The Hall–Kier alpha value is -2.52. The third kappa shape index (κ3) is 5.50. The summed E-state index contributed by atoms with van der Waals surface area (Å²) >= 11 is 3.47. The van der Waals surface area contributed by atoms with E-state index in [0.717, 1.165) is 15.6 Å². The van der Waals surface area contributed by atoms with Crippen molar-refractivity contribution in [1.29, 1.82) is 5.26 Å². The van der Waals surface area contributed by atoms with Crippen molar-refractivity contribution in [3.63, 3.8) is 0 Å². The molecule has 0 fully saturated rings. The molecule has 0 amide bonds. The van der Waals surface area contributed by atoms with Gasteiger partial charge in [0.2, 0.25) is 0 Å². The molecule has 0 aromatic heterocycles. The summed E-state index contributed by atoms with van der Waals surface area (Å²) < 4.78 is 17.2. The Morgan fingerprint density at radius 3 is 2.27 bits per heavy atom. The molecule has 6 heteroatoms. The molecule has 2 aromatic rings. The Morgan fingerprint density at radius 2 is 1.69 bits per heavy atom. The van der Waals surface area contributed by atoms with E-state index in [9.17, 15) is 4.79 Å². The molecule has 2 aromatic carbocycles. The summed E-state index contributed by atoms with van der Waals surface area (Å²) in [5, 5.41) is 8.79. The highest BCUT2D eigenvalue weighted by Gasteiger charge is 2.14. The molecule has 0 spiro atoms. The van der Waals surface area contributed by atoms with Crippen LogP contribution in [0, 0.1) is 11.3 Å². The number of hydrogen-bond acceptors (Lipinski definition) is 5. The van der Waals surface area contributed by atoms with E-state index in [1.807, 2.05) is 13.8 Å². The molecule has 0 aliphatic rings. The lowest BCUT2D eigenvalue weighted by atomic mass is 10.1. The zero-order chi connectivity index (χ0) is 18.9. The third-order valence-corrected chi connectivity index (χ3v) is 4.27. The molecule has 0 heterocycles. The number of carbonyl (C=O) groups excluding carboxylic acids is 1. The highest BCUT2D eigenvalue weighted by molar-refractivity contribution is 9.10. The van der Waals surface area contributed by atoms with Crippen LogP contribution in [0.25, 0.3) is 0 Å². The van der Waals surface area contributed by atoms with Crippen LogP contribution in [0.1, 0.15) is 30.5 Å². The van der Waals surface area contributed by atoms with Crippen LogP contribution < -0.4 is 9.47 Å². The first-order valence-corrected chi connectivity index (χ1v) is 9.09. The van der Waals surface area contributed by atoms with Crippen LogP contribution in [0.5, 0.6) is 11.5 Å². The standard InChI is InChI=1S/C20H20BrNO4/c1-3-24-18-9-16(17(21)11-19(18)25-4-2)10-20(23)26-13-15-7-5-14(12-22)6-8-15/h5-9,11H,3-4,10,13H2,1-2H3. The Morgan fingerprint density at radius 1 is 1.08 bits per heavy atom. The van der Waals surface area contributed by atoms with E-state index in [0.29, 0.717) is 30.3 Å². The van der Waals surface area contributed by atoms with Crippen LogP contribution in [0.15, 0.2) is 40.9 Å². The van der Waals surface area contributed by atoms with Gasteiger partial charge in [0.05, 0.1) is 31.3 Å². The van der Waals surface area contributed by atoms with Crippen molar-refractivity contribution in [2.45, 2.75) is 26.9 Å². The average molecular weight is 418 g/mol. The number of hydrogen-bond donors (Lipinski definition) is 0. The van der Waals surface area contributed by atoms with Gasteiger partial charge in [-0.25, -0.2) is 0 Å². The number of benzene rings is 2. The molecule has 0 bridgehead atoms. The van der Waals surface area contributed by atoms with Gasteiger partial charge in [-0.15, -0.1) is 0 Å². The van der Waals surface area contributed by atoms with Gasteiger partial charge >= 0.3 is 5.97 Å². The maximum Gasteiger partial charge on any atom is 0.310 e. The van der Waals surface area contributed by atoms with Crippen molar-refractivity contribution in [3.8, 4) is 17.6 Å². The van der Waals surface area contributed by atoms with Gasteiger partial charge in [0, 0.05) is 4.47 Å². The lowest BCUT2D eigenvalue weighted by Gasteiger charge is -2.14. The Labute approximate surface area is 161 Å². The largest absolute Gasteiger partial charge is 0.490 e. The van der Waals surface area contributed by atoms with Crippen LogP contribution in [0.3, 0.4) is 0 Å². The summed E-state index contributed by atoms with van der Waals surface area (Å²) in [6.07, 6.45) is 0.114. The molecular formula is C20H20BrNO4. The summed E-state index contributed by atoms with van der Waals surface area (Å²) in [5.41, 5.74) is 2.17. The van der Waals surface area contributed by atoms with Gasteiger partial charge in [-0.05, 0) is 49.2 Å². The molecule has 2 rings (SSSR count). The minimum absolute atomic E-state index is 0.114. The molecule has 0 saturated heterocycles. The second-order valence-corrected chi connectivity index (χ2v) is 6.26. The van der Waals surface area contributed by atoms with Crippen molar-refractivity contribution in [2.24, 2.45) is 0 Å². The van der Waals surface area contributed by atoms with Gasteiger partial charge < -0.3 is 14.2 Å². The van der Waals surface area contributed by atoms with Crippen molar-refractivity contribution in [3.05, 3.63) is 57.6 Å². The Balaban J connectivity index is 2.03. The van der Waals surface area contributed by atoms with E-state index in [1.165, 1.54) is 0 Å². The first-order valence-electron chi connectivity index (χ1n) is 8.30. The van der Waals surface area contributed by atoms with E-state index in [2.05, 4.69) is 22.0 Å². The Kier molecular flexibility index (Phi) is 7.49. The molecule has 0 saturated carbocycles. The number of carbonyl (C=O) groups is 1. The molecule has 0 radical (unpaired) electrons. The Bertz CT molecular complexity index is 797. The number of halogens is 1. The summed E-state index contributed by atoms with van der Waals surface area (Å²) in [6.45, 7) is 4.99. The average Bonchev–Trinajstić information content (AvgIpc) is 2.64. The quantitative estimate of drug-likeness (QED) is 0.595. The summed E-state index contributed by atoms with van der Waals surface area (Å²) in [5.74, 6) is 0.894. The van der Waals surface area contributed by atoms with Crippen LogP contribution in [-0.2, 0) is 22.6 Å².